The third kappa shape index (κ3) is 2.70. The molecule has 4 aliphatic rings. The lowest BCUT2D eigenvalue weighted by Gasteiger charge is -2.53. The molecule has 0 radical (unpaired) electrons. The second-order valence-electron chi connectivity index (χ2n) is 9.38. The Kier molecular flexibility index (Phi) is 4.14. The van der Waals surface area contributed by atoms with Gasteiger partial charge in [0.15, 0.2) is 0 Å². The number of aliphatic hydroxyl groups excluding tert-OH is 1. The van der Waals surface area contributed by atoms with E-state index in [1.807, 2.05) is 0 Å². The van der Waals surface area contributed by atoms with Gasteiger partial charge in [-0.1, -0.05) is 36.6 Å². The first-order valence-corrected chi connectivity index (χ1v) is 10.1. The van der Waals surface area contributed by atoms with Crippen molar-refractivity contribution in [3.8, 4) is 0 Å². The number of hydrogen-bond acceptors (Lipinski definition) is 3. The Hall–Kier alpha value is -1.09. The summed E-state index contributed by atoms with van der Waals surface area (Å²) in [7, 11) is 0. The minimum absolute atomic E-state index is 0.0552. The van der Waals surface area contributed by atoms with E-state index in [1.165, 1.54) is 31.8 Å². The predicted molar refractivity (Wildman–Crippen MR) is 97.9 cm³/mol. The summed E-state index contributed by atoms with van der Waals surface area (Å²) in [5.41, 5.74) is 5.16. The van der Waals surface area contributed by atoms with Crippen molar-refractivity contribution in [3.05, 3.63) is 22.8 Å². The smallest absolute Gasteiger partial charge is 0.302 e. The van der Waals surface area contributed by atoms with E-state index in [0.29, 0.717) is 12.5 Å². The van der Waals surface area contributed by atoms with E-state index in [1.54, 1.807) is 11.1 Å². The zero-order valence-corrected chi connectivity index (χ0v) is 15.9. The van der Waals surface area contributed by atoms with Gasteiger partial charge in [-0.15, -0.1) is 0 Å². The molecule has 138 valence electrons. The topological polar surface area (TPSA) is 46.5 Å². The Bertz CT molecular complexity index is 646. The summed E-state index contributed by atoms with van der Waals surface area (Å²) in [5, 5.41) is 10.1. The lowest BCUT2D eigenvalue weighted by atomic mass is 9.52. The van der Waals surface area contributed by atoms with Gasteiger partial charge < -0.3 is 9.84 Å². The van der Waals surface area contributed by atoms with Gasteiger partial charge in [0, 0.05) is 12.3 Å². The Balaban J connectivity index is 1.62. The summed E-state index contributed by atoms with van der Waals surface area (Å²) >= 11 is 0. The highest BCUT2D eigenvalue weighted by Crippen LogP contribution is 2.62. The molecule has 0 aromatic rings. The number of carbonyl (C=O) groups is 1. The summed E-state index contributed by atoms with van der Waals surface area (Å²) in [5.74, 6) is 1.24. The van der Waals surface area contributed by atoms with E-state index in [-0.39, 0.29) is 22.9 Å². The van der Waals surface area contributed by atoms with Crippen LogP contribution < -0.4 is 0 Å². The molecule has 5 atom stereocenters. The van der Waals surface area contributed by atoms with Crippen LogP contribution in [0.25, 0.3) is 0 Å². The molecule has 0 saturated heterocycles. The quantitative estimate of drug-likeness (QED) is 0.590. The number of allylic oxidation sites excluding steroid dienone is 2. The van der Waals surface area contributed by atoms with Crippen molar-refractivity contribution in [1.29, 1.82) is 0 Å². The van der Waals surface area contributed by atoms with Gasteiger partial charge in [-0.2, -0.15) is 0 Å². The fraction of sp³-hybridized carbons (Fsp3) is 0.773. The highest BCUT2D eigenvalue weighted by molar-refractivity contribution is 5.66. The van der Waals surface area contributed by atoms with Crippen molar-refractivity contribution in [2.45, 2.75) is 78.2 Å². The zero-order valence-electron chi connectivity index (χ0n) is 15.9. The van der Waals surface area contributed by atoms with Crippen LogP contribution in [0.4, 0.5) is 0 Å². The third-order valence-corrected chi connectivity index (χ3v) is 7.92. The van der Waals surface area contributed by atoms with Crippen LogP contribution in [0.5, 0.6) is 0 Å². The maximum Gasteiger partial charge on any atom is 0.302 e. The van der Waals surface area contributed by atoms with Gasteiger partial charge >= 0.3 is 5.97 Å². The molecule has 1 fully saturated rings. The van der Waals surface area contributed by atoms with Crippen LogP contribution in [0.1, 0.15) is 72.1 Å². The lowest BCUT2D eigenvalue weighted by molar-refractivity contribution is -0.143. The van der Waals surface area contributed by atoms with Crippen LogP contribution in [-0.2, 0) is 9.53 Å². The van der Waals surface area contributed by atoms with Crippen LogP contribution in [0.3, 0.4) is 0 Å². The summed E-state index contributed by atoms with van der Waals surface area (Å²) in [6.45, 7) is 6.81. The fourth-order valence-electron chi connectivity index (χ4n) is 6.43. The molecule has 0 unspecified atom stereocenters. The van der Waals surface area contributed by atoms with E-state index in [4.69, 9.17) is 4.74 Å². The molecule has 0 aliphatic heterocycles. The maximum atomic E-state index is 11.3. The number of rotatable bonds is 2. The average molecular weight is 344 g/mol. The maximum absolute atomic E-state index is 11.3. The summed E-state index contributed by atoms with van der Waals surface area (Å²) in [6.07, 6.45) is 11.2. The van der Waals surface area contributed by atoms with Gasteiger partial charge in [-0.25, -0.2) is 0 Å². The monoisotopic (exact) mass is 344 g/mol. The number of fused-ring (bicyclic) bond motifs is 4. The van der Waals surface area contributed by atoms with Gasteiger partial charge in [-0.3, -0.25) is 4.79 Å². The van der Waals surface area contributed by atoms with Crippen LogP contribution in [0, 0.1) is 22.7 Å². The largest absolute Gasteiger partial charge is 0.465 e. The van der Waals surface area contributed by atoms with Crippen LogP contribution in [-0.4, -0.2) is 23.8 Å². The van der Waals surface area contributed by atoms with Crippen LogP contribution in [0.15, 0.2) is 22.8 Å². The van der Waals surface area contributed by atoms with Crippen molar-refractivity contribution < 1.29 is 14.6 Å². The number of esters is 1. The van der Waals surface area contributed by atoms with E-state index in [2.05, 4.69) is 19.9 Å². The molecule has 0 aromatic carbocycles. The van der Waals surface area contributed by atoms with Crippen molar-refractivity contribution in [1.82, 2.24) is 0 Å². The van der Waals surface area contributed by atoms with Crippen LogP contribution >= 0.6 is 0 Å². The molecule has 1 N–H and O–H groups in total. The van der Waals surface area contributed by atoms with Crippen molar-refractivity contribution in [2.75, 3.05) is 6.61 Å². The first-order chi connectivity index (χ1) is 11.8. The molecule has 25 heavy (non-hydrogen) atoms. The summed E-state index contributed by atoms with van der Waals surface area (Å²) in [6, 6.07) is 0. The lowest BCUT2D eigenvalue weighted by Crippen LogP contribution is -2.44. The molecule has 1 saturated carbocycles. The van der Waals surface area contributed by atoms with Gasteiger partial charge in [0.05, 0.1) is 6.10 Å². The van der Waals surface area contributed by atoms with Crippen molar-refractivity contribution in [2.24, 2.45) is 22.7 Å². The second kappa shape index (κ2) is 5.97. The van der Waals surface area contributed by atoms with E-state index < -0.39 is 0 Å². The third-order valence-electron chi connectivity index (χ3n) is 7.92. The number of carbonyl (C=O) groups excluding carboxylic acids is 1. The van der Waals surface area contributed by atoms with Gasteiger partial charge in [-0.05, 0) is 68.6 Å². The zero-order chi connectivity index (χ0) is 17.8. The highest BCUT2D eigenvalue weighted by Gasteiger charge is 2.52. The molecule has 3 heteroatoms. The predicted octanol–water partition coefficient (Wildman–Crippen LogP) is 4.55. The molecule has 0 aromatic heterocycles. The standard InChI is InChI=1S/C22H32O3/c1-14(23)25-13-21(2)10-9-18-17-5-4-15-12-16(24)8-11-22(15,3)20(17)7-6-19(18)21/h4,16-17,20,24H,5-13H2,1-3H3/t16-,17-,20-,21+,22-/m0/s1. The summed E-state index contributed by atoms with van der Waals surface area (Å²) in [4.78, 5) is 11.3. The molecule has 0 bridgehead atoms. The Morgan fingerprint density at radius 3 is 2.84 bits per heavy atom. The highest BCUT2D eigenvalue weighted by atomic mass is 16.5. The molecule has 3 nitrogen and oxygen atoms in total. The first-order valence-electron chi connectivity index (χ1n) is 10.1. The number of hydrogen-bond donors (Lipinski definition) is 1. The van der Waals surface area contributed by atoms with E-state index in [0.717, 1.165) is 38.0 Å². The normalized spacial score (nSPS) is 43.0. The van der Waals surface area contributed by atoms with Crippen molar-refractivity contribution in [3.63, 3.8) is 0 Å². The molecular weight excluding hydrogens is 312 g/mol. The molecule has 4 aliphatic carbocycles. The fourth-order valence-corrected chi connectivity index (χ4v) is 6.43. The second-order valence-corrected chi connectivity index (χ2v) is 9.38. The molecular formula is C22H32O3. The minimum atomic E-state index is -0.164. The van der Waals surface area contributed by atoms with Crippen molar-refractivity contribution >= 4 is 5.97 Å². The Labute approximate surface area is 151 Å². The molecule has 0 amide bonds. The van der Waals surface area contributed by atoms with Gasteiger partial charge in [0.2, 0.25) is 0 Å². The molecule has 0 heterocycles. The number of ether oxygens (including phenoxy) is 1. The average Bonchev–Trinajstić information content (AvgIpc) is 2.92. The molecule has 4 rings (SSSR count). The number of aliphatic hydroxyl groups is 1. The Morgan fingerprint density at radius 2 is 2.08 bits per heavy atom. The van der Waals surface area contributed by atoms with E-state index >= 15 is 0 Å². The minimum Gasteiger partial charge on any atom is -0.465 e. The van der Waals surface area contributed by atoms with Gasteiger partial charge in [0.1, 0.15) is 6.61 Å². The SMILES string of the molecule is CC(=O)OC[C@@]1(C)CCC2=C1CC[C@H]1[C@H]2CC=C2C[C@@H](O)CC[C@@]21C. The van der Waals surface area contributed by atoms with E-state index in [9.17, 15) is 9.90 Å². The summed E-state index contributed by atoms with van der Waals surface area (Å²) < 4.78 is 5.42. The van der Waals surface area contributed by atoms with Gasteiger partial charge in [0.25, 0.3) is 0 Å². The molecule has 0 spiro atoms. The Morgan fingerprint density at radius 1 is 1.28 bits per heavy atom. The first kappa shape index (κ1) is 17.3. The van der Waals surface area contributed by atoms with Crippen LogP contribution in [0.2, 0.25) is 0 Å².